The molecule has 0 bridgehead atoms. The van der Waals surface area contributed by atoms with Crippen LogP contribution < -0.4 is 11.2 Å². The van der Waals surface area contributed by atoms with E-state index in [2.05, 4.69) is 27.3 Å². The van der Waals surface area contributed by atoms with E-state index in [1.165, 1.54) is 18.3 Å². The largest absolute Gasteiger partial charge is 0.350 e. The van der Waals surface area contributed by atoms with Crippen LogP contribution in [0.4, 0.5) is 10.1 Å². The Morgan fingerprint density at radius 1 is 1.37 bits per heavy atom. The molecule has 30 heavy (non-hydrogen) atoms. The van der Waals surface area contributed by atoms with Gasteiger partial charge in [0.25, 0.3) is 5.91 Å². The third-order valence-corrected chi connectivity index (χ3v) is 5.50. The van der Waals surface area contributed by atoms with Crippen molar-refractivity contribution < 1.29 is 18.7 Å². The fraction of sp³-hybridized carbons (Fsp3) is 0.500. The van der Waals surface area contributed by atoms with Gasteiger partial charge in [0, 0.05) is 17.0 Å². The molecule has 2 saturated carbocycles. The fourth-order valence-corrected chi connectivity index (χ4v) is 3.07. The molecule has 158 valence electrons. The van der Waals surface area contributed by atoms with Crippen LogP contribution in [0.2, 0.25) is 0 Å². The number of amides is 1. The van der Waals surface area contributed by atoms with Crippen LogP contribution in [0.15, 0.2) is 22.2 Å². The first-order chi connectivity index (χ1) is 14.5. The summed E-state index contributed by atoms with van der Waals surface area (Å²) in [5.41, 5.74) is 1.44. The molecule has 0 aromatic heterocycles. The second-order valence-electron chi connectivity index (χ2n) is 8.20. The van der Waals surface area contributed by atoms with E-state index in [9.17, 15) is 9.18 Å². The molecule has 1 saturated heterocycles. The quantitative estimate of drug-likeness (QED) is 0.336. The van der Waals surface area contributed by atoms with E-state index in [-0.39, 0.29) is 23.2 Å². The minimum atomic E-state index is -0.542. The van der Waals surface area contributed by atoms with Gasteiger partial charge in [-0.3, -0.25) is 9.79 Å². The first kappa shape index (κ1) is 20.5. The minimum absolute atomic E-state index is 0.0567. The van der Waals surface area contributed by atoms with Crippen LogP contribution in [-0.2, 0) is 14.3 Å². The van der Waals surface area contributed by atoms with E-state index in [0.717, 1.165) is 25.7 Å². The summed E-state index contributed by atoms with van der Waals surface area (Å²) >= 11 is 0. The van der Waals surface area contributed by atoms with Crippen molar-refractivity contribution in [3.63, 3.8) is 0 Å². The number of nitrogens with zero attached hydrogens (tertiary/aromatic N) is 2. The van der Waals surface area contributed by atoms with E-state index in [4.69, 9.17) is 15.3 Å². The van der Waals surface area contributed by atoms with Crippen LogP contribution in [0.1, 0.15) is 36.8 Å². The maximum absolute atomic E-state index is 14.2. The molecule has 0 radical (unpaired) electrons. The first-order valence-corrected chi connectivity index (χ1v) is 10.1. The number of aryl methyl sites for hydroxylation is 1. The lowest BCUT2D eigenvalue weighted by Gasteiger charge is -2.28. The van der Waals surface area contributed by atoms with Gasteiger partial charge in [0.05, 0.1) is 31.5 Å². The molecule has 3 aliphatic rings. The number of nitrogens with one attached hydrogen (secondary N) is 1. The van der Waals surface area contributed by atoms with E-state index in [0.29, 0.717) is 30.4 Å². The molecule has 1 amide bonds. The minimum Gasteiger partial charge on any atom is -0.350 e. The summed E-state index contributed by atoms with van der Waals surface area (Å²) in [6.45, 7) is 3.32. The van der Waals surface area contributed by atoms with Gasteiger partial charge in [0.2, 0.25) is 0 Å². The zero-order valence-electron chi connectivity index (χ0n) is 16.9. The fourth-order valence-electron chi connectivity index (χ4n) is 3.07. The maximum atomic E-state index is 14.2. The number of hydrogen-bond acceptors (Lipinski definition) is 6. The maximum Gasteiger partial charge on any atom is 0.277 e. The Bertz CT molecular complexity index is 945. The molecule has 3 N–H and O–H groups in total. The smallest absolute Gasteiger partial charge is 0.277 e. The molecule has 7 nitrogen and oxygen atoms in total. The number of rotatable bonds is 5. The Kier molecular flexibility index (Phi) is 5.84. The Morgan fingerprint density at radius 3 is 2.73 bits per heavy atom. The molecule has 0 atom stereocenters. The first-order valence-electron chi connectivity index (χ1n) is 10.1. The van der Waals surface area contributed by atoms with Gasteiger partial charge in [-0.15, -0.1) is 0 Å². The Labute approximate surface area is 174 Å². The predicted octanol–water partition coefficient (Wildman–Crippen LogP) is 2.37. The van der Waals surface area contributed by atoms with Gasteiger partial charge in [0.15, 0.2) is 12.0 Å². The summed E-state index contributed by atoms with van der Waals surface area (Å²) in [6, 6.07) is 2.88. The number of carbonyl (C=O) groups is 1. The molecule has 1 spiro atoms. The summed E-state index contributed by atoms with van der Waals surface area (Å²) in [4.78, 5) is 16.7. The number of nitrogens with two attached hydrogens (primary N) is 1. The molecule has 3 fully saturated rings. The number of hydrogen-bond donors (Lipinski definition) is 2. The summed E-state index contributed by atoms with van der Waals surface area (Å²) in [5, 5.41) is 6.21. The summed E-state index contributed by atoms with van der Waals surface area (Å²) < 4.78 is 25.5. The summed E-state index contributed by atoms with van der Waals surface area (Å²) in [6.07, 6.45) is 5.25. The molecule has 0 unspecified atom stereocenters. The SMILES string of the molecule is Cc1cc(F)c(C#CC2CC2)cc1NC(=O)C(C=NCC1OCC2(CC2)CO1)=NN. The second kappa shape index (κ2) is 8.54. The van der Waals surface area contributed by atoms with Gasteiger partial charge >= 0.3 is 0 Å². The van der Waals surface area contributed by atoms with E-state index in [1.54, 1.807) is 6.92 Å². The van der Waals surface area contributed by atoms with Crippen molar-refractivity contribution in [2.24, 2.45) is 27.3 Å². The molecular weight excluding hydrogens is 387 g/mol. The lowest BCUT2D eigenvalue weighted by atomic mass is 10.1. The van der Waals surface area contributed by atoms with Gasteiger partial charge in [-0.25, -0.2) is 4.39 Å². The topological polar surface area (TPSA) is 98.3 Å². The molecule has 1 aliphatic heterocycles. The lowest BCUT2D eigenvalue weighted by molar-refractivity contribution is -0.201. The number of halogens is 1. The van der Waals surface area contributed by atoms with Crippen molar-refractivity contribution in [3.8, 4) is 11.8 Å². The molecule has 1 heterocycles. The average Bonchev–Trinajstić information content (AvgIpc) is 3.65. The number of anilines is 1. The van der Waals surface area contributed by atoms with Crippen molar-refractivity contribution in [2.45, 2.75) is 38.9 Å². The number of benzene rings is 1. The van der Waals surface area contributed by atoms with Crippen LogP contribution >= 0.6 is 0 Å². The summed E-state index contributed by atoms with van der Waals surface area (Å²) in [5.74, 6) is 10.6. The number of carbonyl (C=O) groups excluding carboxylic acids is 1. The number of hydrazone groups is 1. The Balaban J connectivity index is 1.35. The average molecular weight is 412 g/mol. The van der Waals surface area contributed by atoms with Crippen molar-refractivity contribution >= 4 is 23.5 Å². The van der Waals surface area contributed by atoms with E-state index in [1.807, 2.05) is 0 Å². The van der Waals surface area contributed by atoms with E-state index >= 15 is 0 Å². The number of ether oxygens (including phenoxy) is 2. The highest BCUT2D eigenvalue weighted by atomic mass is 19.1. The number of aliphatic imine (C=N–C) groups is 1. The van der Waals surface area contributed by atoms with Crippen molar-refractivity contribution in [1.82, 2.24) is 0 Å². The highest BCUT2D eigenvalue weighted by Gasteiger charge is 2.46. The zero-order chi connectivity index (χ0) is 21.1. The third-order valence-electron chi connectivity index (χ3n) is 5.50. The van der Waals surface area contributed by atoms with Crippen molar-refractivity contribution in [3.05, 3.63) is 29.1 Å². The standard InChI is InChI=1S/C22H25FN4O3/c1-14-8-17(23)16(5-4-15-2-3-15)9-18(14)26-21(28)19(27-24)10-25-11-20-29-12-22(6-7-22)13-30-20/h8-10,15,20H,2-3,6-7,11-13,24H2,1H3,(H,26,28). The third kappa shape index (κ3) is 5.04. The molecule has 8 heteroatoms. The van der Waals surface area contributed by atoms with Gasteiger partial charge in [-0.1, -0.05) is 11.8 Å². The van der Waals surface area contributed by atoms with Crippen LogP contribution in [0.3, 0.4) is 0 Å². The second-order valence-corrected chi connectivity index (χ2v) is 8.20. The van der Waals surface area contributed by atoms with Gasteiger partial charge in [-0.2, -0.15) is 5.10 Å². The van der Waals surface area contributed by atoms with Crippen LogP contribution in [-0.4, -0.2) is 43.9 Å². The molecule has 4 rings (SSSR count). The zero-order valence-corrected chi connectivity index (χ0v) is 16.9. The Hall–Kier alpha value is -2.76. The van der Waals surface area contributed by atoms with Crippen LogP contribution in [0.25, 0.3) is 0 Å². The molecule has 1 aromatic rings. The van der Waals surface area contributed by atoms with E-state index < -0.39 is 18.0 Å². The van der Waals surface area contributed by atoms with Crippen molar-refractivity contribution in [1.29, 1.82) is 0 Å². The lowest BCUT2D eigenvalue weighted by Crippen LogP contribution is -2.35. The molecular formula is C22H25FN4O3. The van der Waals surface area contributed by atoms with Gasteiger partial charge < -0.3 is 20.6 Å². The highest BCUT2D eigenvalue weighted by Crippen LogP contribution is 2.48. The Morgan fingerprint density at radius 2 is 2.10 bits per heavy atom. The van der Waals surface area contributed by atoms with Gasteiger partial charge in [0.1, 0.15) is 5.82 Å². The highest BCUT2D eigenvalue weighted by molar-refractivity contribution is 6.63. The van der Waals surface area contributed by atoms with Crippen LogP contribution in [0, 0.1) is 35.9 Å². The van der Waals surface area contributed by atoms with Gasteiger partial charge in [-0.05, 0) is 50.3 Å². The predicted molar refractivity (Wildman–Crippen MR) is 112 cm³/mol. The normalized spacial score (nSPS) is 20.8. The summed E-state index contributed by atoms with van der Waals surface area (Å²) in [7, 11) is 0. The monoisotopic (exact) mass is 412 g/mol. The molecule has 1 aromatic carbocycles. The van der Waals surface area contributed by atoms with Crippen LogP contribution in [0.5, 0.6) is 0 Å². The molecule has 2 aliphatic carbocycles. The van der Waals surface area contributed by atoms with Crippen molar-refractivity contribution in [2.75, 3.05) is 25.1 Å².